The number of carboxylic acids is 1. The van der Waals surface area contributed by atoms with Gasteiger partial charge in [0.1, 0.15) is 11.3 Å². The van der Waals surface area contributed by atoms with Gasteiger partial charge in [0.2, 0.25) is 0 Å². The molecule has 0 spiro atoms. The predicted octanol–water partition coefficient (Wildman–Crippen LogP) is 7.38. The minimum atomic E-state index is -4.55. The van der Waals surface area contributed by atoms with Gasteiger partial charge in [0.05, 0.1) is 23.9 Å². The first-order valence-electron chi connectivity index (χ1n) is 12.4. The summed E-state index contributed by atoms with van der Waals surface area (Å²) in [5, 5.41) is 12.3. The number of hydrogen-bond donors (Lipinski definition) is 2. The number of methoxy groups -OCH3 is 1. The third kappa shape index (κ3) is 5.97. The zero-order valence-corrected chi connectivity index (χ0v) is 22.8. The molecule has 3 rings (SSSR count). The van der Waals surface area contributed by atoms with Gasteiger partial charge in [0.15, 0.2) is 0 Å². The summed E-state index contributed by atoms with van der Waals surface area (Å²) in [6.07, 6.45) is -2.05. The molecule has 0 fully saturated rings. The van der Waals surface area contributed by atoms with E-state index in [0.29, 0.717) is 23.2 Å². The van der Waals surface area contributed by atoms with E-state index in [4.69, 9.17) is 4.74 Å². The van der Waals surface area contributed by atoms with Gasteiger partial charge < -0.3 is 15.2 Å². The number of hydrogen-bond acceptors (Lipinski definition) is 3. The lowest BCUT2D eigenvalue weighted by molar-refractivity contribution is -0.138. The van der Waals surface area contributed by atoms with Crippen molar-refractivity contribution in [2.24, 2.45) is 11.3 Å². The first-order valence-corrected chi connectivity index (χ1v) is 12.4. The highest BCUT2D eigenvalue weighted by atomic mass is 19.4. The van der Waals surface area contributed by atoms with E-state index in [1.54, 1.807) is 19.2 Å². The van der Waals surface area contributed by atoms with Crippen molar-refractivity contribution >= 4 is 17.7 Å². The summed E-state index contributed by atoms with van der Waals surface area (Å²) in [6, 6.07) is 8.01. The number of rotatable bonds is 7. The molecule has 206 valence electrons. The number of aryl methyl sites for hydroxylation is 1. The van der Waals surface area contributed by atoms with Crippen LogP contribution in [0.4, 0.5) is 23.7 Å². The summed E-state index contributed by atoms with van der Waals surface area (Å²) in [7, 11) is 1.33. The molecule has 0 saturated heterocycles. The van der Waals surface area contributed by atoms with Crippen LogP contribution in [0.1, 0.15) is 75.0 Å². The first kappa shape index (κ1) is 29.1. The van der Waals surface area contributed by atoms with Crippen molar-refractivity contribution in [1.82, 2.24) is 5.32 Å². The molecule has 9 heteroatoms. The van der Waals surface area contributed by atoms with Crippen molar-refractivity contribution in [3.8, 4) is 5.75 Å². The van der Waals surface area contributed by atoms with E-state index >= 15 is 0 Å². The Labute approximate surface area is 221 Å². The number of carbonyl (C=O) groups is 2. The summed E-state index contributed by atoms with van der Waals surface area (Å²) < 4.78 is 47.6. The van der Waals surface area contributed by atoms with Gasteiger partial charge >= 0.3 is 18.2 Å². The second kappa shape index (κ2) is 10.3. The molecule has 1 heterocycles. The van der Waals surface area contributed by atoms with E-state index in [1.165, 1.54) is 36.3 Å². The maximum Gasteiger partial charge on any atom is 0.416 e. The van der Waals surface area contributed by atoms with Crippen LogP contribution in [-0.4, -0.2) is 24.2 Å². The molecule has 0 saturated carbocycles. The molecule has 1 aliphatic heterocycles. The highest BCUT2D eigenvalue weighted by Crippen LogP contribution is 2.42. The van der Waals surface area contributed by atoms with Crippen LogP contribution in [-0.2, 0) is 18.1 Å². The van der Waals surface area contributed by atoms with Gasteiger partial charge in [-0.25, -0.2) is 9.59 Å². The van der Waals surface area contributed by atoms with E-state index in [-0.39, 0.29) is 34.6 Å². The van der Waals surface area contributed by atoms with Gasteiger partial charge in [-0.3, -0.25) is 4.90 Å². The molecule has 2 aromatic carbocycles. The van der Waals surface area contributed by atoms with Gasteiger partial charge in [-0.2, -0.15) is 13.2 Å². The summed E-state index contributed by atoms with van der Waals surface area (Å²) in [6.45, 7) is 11.5. The molecule has 0 aliphatic carbocycles. The molecular formula is C29H35F3N2O4. The van der Waals surface area contributed by atoms with Gasteiger partial charge in [-0.15, -0.1) is 0 Å². The number of aromatic carboxylic acids is 1. The van der Waals surface area contributed by atoms with Crippen molar-refractivity contribution in [3.63, 3.8) is 0 Å². The maximum absolute atomic E-state index is 14.2. The largest absolute Gasteiger partial charge is 0.496 e. The lowest BCUT2D eigenvalue weighted by atomic mass is 9.77. The molecule has 2 amide bonds. The average Bonchev–Trinajstić information content (AvgIpc) is 2.80. The molecule has 1 aliphatic rings. The Hall–Kier alpha value is -3.49. The maximum atomic E-state index is 14.2. The van der Waals surface area contributed by atoms with Crippen LogP contribution < -0.4 is 15.0 Å². The first-order chi connectivity index (χ1) is 17.5. The molecule has 0 radical (unpaired) electrons. The zero-order chi connectivity index (χ0) is 28.6. The highest BCUT2D eigenvalue weighted by molar-refractivity contribution is 5.98. The molecule has 0 bridgehead atoms. The fourth-order valence-corrected chi connectivity index (χ4v) is 4.72. The number of ether oxygens (including phenoxy) is 1. The molecule has 1 atom stereocenters. The minimum absolute atomic E-state index is 0.0576. The normalized spacial score (nSPS) is 18.3. The van der Waals surface area contributed by atoms with Crippen LogP contribution in [0, 0.1) is 11.3 Å². The van der Waals surface area contributed by atoms with Crippen LogP contribution in [0.25, 0.3) is 0 Å². The Kier molecular flexibility index (Phi) is 7.91. The van der Waals surface area contributed by atoms with Crippen LogP contribution in [0.3, 0.4) is 0 Å². The van der Waals surface area contributed by atoms with Crippen LogP contribution >= 0.6 is 0 Å². The second-order valence-corrected chi connectivity index (χ2v) is 11.3. The third-order valence-electron chi connectivity index (χ3n) is 6.87. The van der Waals surface area contributed by atoms with Gasteiger partial charge in [0.25, 0.3) is 0 Å². The predicted molar refractivity (Wildman–Crippen MR) is 140 cm³/mol. The van der Waals surface area contributed by atoms with E-state index in [1.807, 2.05) is 34.6 Å². The number of carboxylic acid groups (broad SMARTS) is 1. The number of amides is 2. The van der Waals surface area contributed by atoms with Crippen molar-refractivity contribution in [1.29, 1.82) is 0 Å². The summed E-state index contributed by atoms with van der Waals surface area (Å²) >= 11 is 0. The zero-order valence-electron chi connectivity index (χ0n) is 22.8. The van der Waals surface area contributed by atoms with Crippen LogP contribution in [0.15, 0.2) is 48.2 Å². The summed E-state index contributed by atoms with van der Waals surface area (Å²) in [4.78, 5) is 26.1. The second-order valence-electron chi connectivity index (χ2n) is 11.3. The standard InChI is InChI=1S/C29H35F3N2O4/c1-17(2)23-16-34(20-10-11-21(25(35)36)24(15-20)38-7)26(37)33-28(23,6)19-9-8-18(12-13-27(3,4)5)22(14-19)29(30,31)32/h8-11,14-17H,12-13H2,1-7H3,(H,33,37)(H,35,36)/t28-/m0/s1. The topological polar surface area (TPSA) is 78.9 Å². The third-order valence-corrected chi connectivity index (χ3v) is 6.87. The van der Waals surface area contributed by atoms with Crippen molar-refractivity contribution < 1.29 is 32.6 Å². The van der Waals surface area contributed by atoms with Crippen molar-refractivity contribution in [3.05, 3.63) is 70.4 Å². The van der Waals surface area contributed by atoms with Crippen LogP contribution in [0.5, 0.6) is 5.75 Å². The Morgan fingerprint density at radius 2 is 1.79 bits per heavy atom. The van der Waals surface area contributed by atoms with E-state index in [0.717, 1.165) is 6.07 Å². The number of nitrogens with one attached hydrogen (secondary N) is 1. The number of carbonyl (C=O) groups excluding carboxylic acids is 1. The number of nitrogens with zero attached hydrogens (tertiary/aromatic N) is 1. The monoisotopic (exact) mass is 532 g/mol. The summed E-state index contributed by atoms with van der Waals surface area (Å²) in [5.74, 6) is -1.23. The molecule has 38 heavy (non-hydrogen) atoms. The Morgan fingerprint density at radius 3 is 2.32 bits per heavy atom. The number of halogens is 3. The van der Waals surface area contributed by atoms with E-state index in [9.17, 15) is 27.9 Å². The number of alkyl halides is 3. The highest BCUT2D eigenvalue weighted by Gasteiger charge is 2.42. The van der Waals surface area contributed by atoms with Crippen molar-refractivity contribution in [2.45, 2.75) is 66.1 Å². The van der Waals surface area contributed by atoms with Gasteiger partial charge in [0, 0.05) is 12.3 Å². The van der Waals surface area contributed by atoms with Gasteiger partial charge in [-0.05, 0) is 66.0 Å². The lowest BCUT2D eigenvalue weighted by Gasteiger charge is -2.42. The van der Waals surface area contributed by atoms with Crippen LogP contribution in [0.2, 0.25) is 0 Å². The molecule has 0 aromatic heterocycles. The van der Waals surface area contributed by atoms with Crippen molar-refractivity contribution in [2.75, 3.05) is 12.0 Å². The summed E-state index contributed by atoms with van der Waals surface area (Å²) in [5.41, 5.74) is -0.470. The number of benzene rings is 2. The average molecular weight is 533 g/mol. The van der Waals surface area contributed by atoms with E-state index < -0.39 is 29.3 Å². The fraction of sp³-hybridized carbons (Fsp3) is 0.448. The number of anilines is 1. The number of urea groups is 1. The lowest BCUT2D eigenvalue weighted by Crippen LogP contribution is -2.55. The SMILES string of the molecule is COc1cc(N2C=C(C(C)C)[C@](C)(c3ccc(CCC(C)(C)C)c(C(F)(F)F)c3)NC2=O)ccc1C(=O)O. The quantitative estimate of drug-likeness (QED) is 0.390. The molecular weight excluding hydrogens is 497 g/mol. The molecule has 0 unspecified atom stereocenters. The molecule has 6 nitrogen and oxygen atoms in total. The Balaban J connectivity index is 2.11. The smallest absolute Gasteiger partial charge is 0.416 e. The fourth-order valence-electron chi connectivity index (χ4n) is 4.72. The minimum Gasteiger partial charge on any atom is -0.496 e. The Bertz CT molecular complexity index is 1260. The Morgan fingerprint density at radius 1 is 1.13 bits per heavy atom. The molecule has 2 N–H and O–H groups in total. The van der Waals surface area contributed by atoms with Gasteiger partial charge in [-0.1, -0.05) is 46.8 Å². The van der Waals surface area contributed by atoms with E-state index in [2.05, 4.69) is 5.32 Å². The molecule has 2 aromatic rings.